The SMILES string of the molecule is Cc1cc(-c2ccccc2)cc(-c2ccccc2)n1.Cc1cc(-c2ccccc2)cc(-c2ccncc2)c1.Cc1cc(-c2ccccc2)nc(-c2ccccc2)c1.Cc1ccc(-c2cccc3c2oc2ccccc23)cc1.Cc1ccc(-c2cccc3c2sc2ccccc23)cc1.Cc1ccncc1. The fourth-order valence-corrected chi connectivity index (χ4v) is 13.8. The predicted octanol–water partition coefficient (Wildman–Crippen LogP) is 27.2. The minimum Gasteiger partial charge on any atom is -0.455 e. The van der Waals surface area contributed by atoms with E-state index in [0.29, 0.717) is 0 Å². The van der Waals surface area contributed by atoms with Gasteiger partial charge in [-0.1, -0.05) is 296 Å². The summed E-state index contributed by atoms with van der Waals surface area (Å²) in [5, 5.41) is 5.08. The van der Waals surface area contributed by atoms with Crippen LogP contribution in [0.1, 0.15) is 33.5 Å². The van der Waals surface area contributed by atoms with Crippen LogP contribution in [0.4, 0.5) is 0 Å². The number of aromatic nitrogens is 4. The van der Waals surface area contributed by atoms with Gasteiger partial charge in [0.2, 0.25) is 0 Å². The molecule has 0 spiro atoms. The standard InChI is InChI=1S/C19H14O.C19H14S.3C18H15N.C6H7N/c2*1-13-9-11-14(12-10-13)15-6-4-7-17-16-5-2-3-8-18(16)20-19(15)17;1-14-12-17(15-8-4-2-5-9-15)13-18(19-14)16-10-6-3-7-11-16;1-14-12-17(15-8-4-2-5-9-15)19-18(13-14)16-10-6-3-7-11-16;1-14-11-17(15-5-3-2-4-6-15)13-18(12-14)16-7-9-19-10-8-16;1-6-2-4-7-5-3-6/h2*2-12H,1H3;3*2-13H,1H3;2-5H,1H3. The van der Waals surface area contributed by atoms with Crippen LogP contribution in [0, 0.1) is 41.5 Å². The summed E-state index contributed by atoms with van der Waals surface area (Å²) in [4.78, 5) is 17.3. The molecule has 0 N–H and O–H groups in total. The van der Waals surface area contributed by atoms with Crippen LogP contribution in [-0.4, -0.2) is 19.9 Å². The zero-order valence-electron chi connectivity index (χ0n) is 59.4. The summed E-state index contributed by atoms with van der Waals surface area (Å²) in [6, 6.07) is 122. The number of fused-ring (bicyclic) bond motifs is 6. The van der Waals surface area contributed by atoms with E-state index in [1.807, 2.05) is 141 Å². The molecule has 6 heterocycles. The molecule has 0 amide bonds. The molecule has 0 fully saturated rings. The first-order valence-corrected chi connectivity index (χ1v) is 35.9. The van der Waals surface area contributed by atoms with E-state index < -0.39 is 0 Å². The lowest BCUT2D eigenvalue weighted by Crippen LogP contribution is -1.89. The topological polar surface area (TPSA) is 64.7 Å². The molecule has 0 unspecified atom stereocenters. The van der Waals surface area contributed by atoms with Gasteiger partial charge >= 0.3 is 0 Å². The van der Waals surface area contributed by atoms with Gasteiger partial charge in [-0.15, -0.1) is 11.3 Å². The molecule has 0 saturated carbocycles. The Bertz CT molecular complexity index is 5130. The number of benzene rings is 12. The number of para-hydroxylation sites is 2. The Balaban J connectivity index is 0.000000113. The third-order valence-corrected chi connectivity index (χ3v) is 19.0. The lowest BCUT2D eigenvalue weighted by Gasteiger charge is -2.08. The maximum atomic E-state index is 6.07. The second kappa shape index (κ2) is 34.1. The van der Waals surface area contributed by atoms with Crippen molar-refractivity contribution in [2.24, 2.45) is 0 Å². The van der Waals surface area contributed by atoms with E-state index in [4.69, 9.17) is 9.40 Å². The maximum Gasteiger partial charge on any atom is 0.143 e. The van der Waals surface area contributed by atoms with Crippen LogP contribution in [0.3, 0.4) is 0 Å². The molecular formula is C98H80N4OS. The van der Waals surface area contributed by atoms with Crippen molar-refractivity contribution in [1.29, 1.82) is 0 Å². The zero-order chi connectivity index (χ0) is 71.4. The number of hydrogen-bond acceptors (Lipinski definition) is 6. The first-order valence-electron chi connectivity index (χ1n) is 35.1. The highest BCUT2D eigenvalue weighted by atomic mass is 32.1. The maximum absolute atomic E-state index is 6.07. The van der Waals surface area contributed by atoms with Crippen molar-refractivity contribution >= 4 is 53.4 Å². The van der Waals surface area contributed by atoms with Crippen molar-refractivity contribution in [3.63, 3.8) is 0 Å². The van der Waals surface area contributed by atoms with Crippen LogP contribution in [0.5, 0.6) is 0 Å². The van der Waals surface area contributed by atoms with Crippen LogP contribution in [0.25, 0.3) is 132 Å². The number of pyridine rings is 4. The molecule has 504 valence electrons. The minimum absolute atomic E-state index is 0.946. The second-order valence-electron chi connectivity index (χ2n) is 25.8. The minimum atomic E-state index is 0.946. The molecule has 0 aliphatic carbocycles. The van der Waals surface area contributed by atoms with E-state index in [1.165, 1.54) is 109 Å². The summed E-state index contributed by atoms with van der Waals surface area (Å²) in [5.41, 5.74) is 28.2. The monoisotopic (exact) mass is 1360 g/mol. The Labute approximate surface area is 614 Å². The van der Waals surface area contributed by atoms with Crippen molar-refractivity contribution in [1.82, 2.24) is 19.9 Å². The Morgan fingerprint density at radius 2 is 0.635 bits per heavy atom. The lowest BCUT2D eigenvalue weighted by molar-refractivity contribution is 0.670. The summed E-state index contributed by atoms with van der Waals surface area (Å²) >= 11 is 1.89. The summed E-state index contributed by atoms with van der Waals surface area (Å²) in [6.07, 6.45) is 7.24. The predicted molar refractivity (Wildman–Crippen MR) is 442 cm³/mol. The van der Waals surface area contributed by atoms with Gasteiger partial charge in [-0.2, -0.15) is 0 Å². The molecule has 6 aromatic heterocycles. The highest BCUT2D eigenvalue weighted by Gasteiger charge is 2.14. The molecule has 104 heavy (non-hydrogen) atoms. The van der Waals surface area contributed by atoms with Gasteiger partial charge in [0.15, 0.2) is 0 Å². The van der Waals surface area contributed by atoms with Crippen LogP contribution in [-0.2, 0) is 0 Å². The smallest absolute Gasteiger partial charge is 0.143 e. The van der Waals surface area contributed by atoms with Gasteiger partial charge in [-0.05, 0) is 175 Å². The van der Waals surface area contributed by atoms with E-state index >= 15 is 0 Å². The number of thiophene rings is 1. The van der Waals surface area contributed by atoms with Crippen molar-refractivity contribution in [3.05, 3.63) is 410 Å². The number of nitrogens with zero attached hydrogens (tertiary/aromatic N) is 4. The van der Waals surface area contributed by atoms with E-state index in [-0.39, 0.29) is 0 Å². The van der Waals surface area contributed by atoms with Crippen LogP contribution >= 0.6 is 11.3 Å². The highest BCUT2D eigenvalue weighted by molar-refractivity contribution is 7.26. The molecule has 6 heteroatoms. The lowest BCUT2D eigenvalue weighted by atomic mass is 9.97. The van der Waals surface area contributed by atoms with Gasteiger partial charge in [0.05, 0.1) is 17.1 Å². The first kappa shape index (κ1) is 69.7. The fraction of sp³-hybridized carbons (Fsp3) is 0.0612. The molecule has 0 bridgehead atoms. The highest BCUT2D eigenvalue weighted by Crippen LogP contribution is 2.41. The van der Waals surface area contributed by atoms with E-state index in [0.717, 1.165) is 56.2 Å². The molecule has 18 rings (SSSR count). The van der Waals surface area contributed by atoms with Crippen LogP contribution < -0.4 is 0 Å². The average Bonchev–Trinajstić information content (AvgIpc) is 1.63. The molecule has 0 atom stereocenters. The van der Waals surface area contributed by atoms with Crippen molar-refractivity contribution < 1.29 is 4.42 Å². The summed E-state index contributed by atoms with van der Waals surface area (Å²) in [6.45, 7) is 12.6. The first-order chi connectivity index (χ1) is 51.0. The molecule has 0 aliphatic rings. The number of furan rings is 1. The van der Waals surface area contributed by atoms with Gasteiger partial charge in [0.25, 0.3) is 0 Å². The van der Waals surface area contributed by atoms with Crippen molar-refractivity contribution in [3.8, 4) is 89.4 Å². The molecule has 0 saturated heterocycles. The molecule has 18 aromatic rings. The van der Waals surface area contributed by atoms with Gasteiger partial charge in [0, 0.05) is 83.7 Å². The van der Waals surface area contributed by atoms with Crippen molar-refractivity contribution in [2.75, 3.05) is 0 Å². The summed E-state index contributed by atoms with van der Waals surface area (Å²) in [7, 11) is 0. The summed E-state index contributed by atoms with van der Waals surface area (Å²) in [5.74, 6) is 0. The third-order valence-electron chi connectivity index (χ3n) is 17.8. The Morgan fingerprint density at radius 3 is 1.15 bits per heavy atom. The molecule has 12 aromatic carbocycles. The molecule has 0 aliphatic heterocycles. The van der Waals surface area contributed by atoms with Gasteiger partial charge < -0.3 is 4.42 Å². The Kier molecular flexibility index (Phi) is 22.9. The van der Waals surface area contributed by atoms with Crippen LogP contribution in [0.2, 0.25) is 0 Å². The summed E-state index contributed by atoms with van der Waals surface area (Å²) < 4.78 is 8.82. The average molecular weight is 1360 g/mol. The van der Waals surface area contributed by atoms with Gasteiger partial charge in [-0.25, -0.2) is 4.98 Å². The number of rotatable bonds is 8. The van der Waals surface area contributed by atoms with Gasteiger partial charge in [0.1, 0.15) is 11.2 Å². The van der Waals surface area contributed by atoms with E-state index in [1.54, 1.807) is 12.4 Å². The molecular weight excluding hydrogens is 1280 g/mol. The Hall–Kier alpha value is -12.7. The van der Waals surface area contributed by atoms with Crippen molar-refractivity contribution in [2.45, 2.75) is 41.5 Å². The van der Waals surface area contributed by atoms with Gasteiger partial charge in [-0.3, -0.25) is 15.0 Å². The third kappa shape index (κ3) is 17.9. The zero-order valence-corrected chi connectivity index (χ0v) is 60.2. The number of hydrogen-bond donors (Lipinski definition) is 0. The van der Waals surface area contributed by atoms with Crippen LogP contribution in [0.15, 0.2) is 381 Å². The largest absolute Gasteiger partial charge is 0.455 e. The van der Waals surface area contributed by atoms with E-state index in [2.05, 4.69) is 291 Å². The second-order valence-corrected chi connectivity index (χ2v) is 26.8. The fourth-order valence-electron chi connectivity index (χ4n) is 12.5. The normalized spacial score (nSPS) is 10.6. The Morgan fingerprint density at radius 1 is 0.240 bits per heavy atom. The molecule has 5 nitrogen and oxygen atoms in total. The quantitative estimate of drug-likeness (QED) is 0.152. The van der Waals surface area contributed by atoms with E-state index in [9.17, 15) is 0 Å². The number of aryl methyl sites for hydroxylation is 6. The molecule has 0 radical (unpaired) electrons.